The van der Waals surface area contributed by atoms with Gasteiger partial charge in [-0.3, -0.25) is 4.98 Å². The molecule has 0 aliphatic rings. The molecule has 0 aliphatic heterocycles. The number of hydrogen-bond donors (Lipinski definition) is 1. The summed E-state index contributed by atoms with van der Waals surface area (Å²) in [6.07, 6.45) is -3.51. The highest BCUT2D eigenvalue weighted by molar-refractivity contribution is 5.87. The molecule has 0 atom stereocenters. The van der Waals surface area contributed by atoms with Gasteiger partial charge in [0.05, 0.1) is 12.1 Å². The summed E-state index contributed by atoms with van der Waals surface area (Å²) < 4.78 is 41.4. The summed E-state index contributed by atoms with van der Waals surface area (Å²) in [5.74, 6) is 0.521. The van der Waals surface area contributed by atoms with E-state index in [9.17, 15) is 13.2 Å². The van der Waals surface area contributed by atoms with Crippen LogP contribution in [0.4, 0.5) is 18.9 Å². The lowest BCUT2D eigenvalue weighted by Gasteiger charge is -2.10. The van der Waals surface area contributed by atoms with Crippen LogP contribution in [0.5, 0.6) is 5.75 Å². The van der Waals surface area contributed by atoms with E-state index in [1.807, 2.05) is 0 Å². The highest BCUT2D eigenvalue weighted by atomic mass is 19.4. The monoisotopic (exact) mass is 270 g/mol. The molecule has 0 radical (unpaired) electrons. The standard InChI is InChI=1S/C13H13F3N2O/c14-13(15,16)5-1-7-19-12-4-6-18-11-8-9(17)2-3-10(11)12/h2-4,6,8H,1,5,7,17H2. The Hall–Kier alpha value is -1.98. The second-order valence-electron chi connectivity index (χ2n) is 4.15. The van der Waals surface area contributed by atoms with E-state index in [0.29, 0.717) is 17.0 Å². The number of halogens is 3. The van der Waals surface area contributed by atoms with Crippen molar-refractivity contribution in [1.82, 2.24) is 4.98 Å². The number of alkyl halides is 3. The van der Waals surface area contributed by atoms with E-state index in [0.717, 1.165) is 5.39 Å². The minimum atomic E-state index is -4.14. The molecule has 0 saturated carbocycles. The first-order valence-electron chi connectivity index (χ1n) is 5.79. The van der Waals surface area contributed by atoms with Crippen molar-refractivity contribution in [3.63, 3.8) is 0 Å². The second-order valence-corrected chi connectivity index (χ2v) is 4.15. The van der Waals surface area contributed by atoms with Crippen LogP contribution in [0.25, 0.3) is 10.9 Å². The van der Waals surface area contributed by atoms with E-state index in [-0.39, 0.29) is 13.0 Å². The number of nitrogen functional groups attached to an aromatic ring is 1. The zero-order valence-electron chi connectivity index (χ0n) is 10.1. The number of aromatic nitrogens is 1. The largest absolute Gasteiger partial charge is 0.493 e. The molecule has 1 aromatic heterocycles. The Bertz CT molecular complexity index is 569. The molecule has 2 N–H and O–H groups in total. The van der Waals surface area contributed by atoms with Crippen LogP contribution >= 0.6 is 0 Å². The smallest absolute Gasteiger partial charge is 0.389 e. The van der Waals surface area contributed by atoms with E-state index in [2.05, 4.69) is 4.98 Å². The summed E-state index contributed by atoms with van der Waals surface area (Å²) in [5.41, 5.74) is 6.88. The molecule has 102 valence electrons. The lowest BCUT2D eigenvalue weighted by molar-refractivity contribution is -0.136. The van der Waals surface area contributed by atoms with Gasteiger partial charge >= 0.3 is 6.18 Å². The number of nitrogens with two attached hydrogens (primary N) is 1. The number of anilines is 1. The van der Waals surface area contributed by atoms with Gasteiger partial charge in [0.1, 0.15) is 5.75 Å². The maximum atomic E-state index is 12.0. The predicted octanol–water partition coefficient (Wildman–Crippen LogP) is 3.54. The maximum Gasteiger partial charge on any atom is 0.389 e. The number of benzene rings is 1. The third-order valence-electron chi connectivity index (χ3n) is 2.59. The van der Waals surface area contributed by atoms with Gasteiger partial charge in [-0.1, -0.05) is 0 Å². The van der Waals surface area contributed by atoms with Crippen molar-refractivity contribution in [2.45, 2.75) is 19.0 Å². The Morgan fingerprint density at radius 2 is 2.00 bits per heavy atom. The van der Waals surface area contributed by atoms with Crippen molar-refractivity contribution >= 4 is 16.6 Å². The predicted molar refractivity (Wildman–Crippen MR) is 66.9 cm³/mol. The lowest BCUT2D eigenvalue weighted by Crippen LogP contribution is -2.09. The molecule has 0 unspecified atom stereocenters. The highest BCUT2D eigenvalue weighted by Crippen LogP contribution is 2.26. The van der Waals surface area contributed by atoms with E-state index in [1.54, 1.807) is 30.5 Å². The van der Waals surface area contributed by atoms with Gasteiger partial charge in [-0.05, 0) is 30.7 Å². The molecule has 0 amide bonds. The van der Waals surface area contributed by atoms with Crippen molar-refractivity contribution in [2.24, 2.45) is 0 Å². The molecule has 3 nitrogen and oxygen atoms in total. The highest BCUT2D eigenvalue weighted by Gasteiger charge is 2.26. The number of pyridine rings is 1. The molecular weight excluding hydrogens is 257 g/mol. The molecular formula is C13H13F3N2O. The van der Waals surface area contributed by atoms with E-state index >= 15 is 0 Å². The number of nitrogens with zero attached hydrogens (tertiary/aromatic N) is 1. The third-order valence-corrected chi connectivity index (χ3v) is 2.59. The summed E-state index contributed by atoms with van der Waals surface area (Å²) in [6.45, 7) is 0.0169. The van der Waals surface area contributed by atoms with Gasteiger partial charge in [0, 0.05) is 23.7 Å². The van der Waals surface area contributed by atoms with Crippen molar-refractivity contribution < 1.29 is 17.9 Å². The van der Waals surface area contributed by atoms with Crippen LogP contribution in [0.1, 0.15) is 12.8 Å². The fraction of sp³-hybridized carbons (Fsp3) is 0.308. The normalized spacial score (nSPS) is 11.7. The van der Waals surface area contributed by atoms with E-state index in [4.69, 9.17) is 10.5 Å². The van der Waals surface area contributed by atoms with Crippen LogP contribution in [0.3, 0.4) is 0 Å². The Kier molecular flexibility index (Phi) is 3.78. The SMILES string of the molecule is Nc1ccc2c(OCCCC(F)(F)F)ccnc2c1. The van der Waals surface area contributed by atoms with Gasteiger partial charge < -0.3 is 10.5 Å². The molecule has 1 aromatic carbocycles. The Labute approximate surface area is 108 Å². The van der Waals surface area contributed by atoms with Crippen LogP contribution in [-0.4, -0.2) is 17.8 Å². The summed E-state index contributed by atoms with van der Waals surface area (Å²) >= 11 is 0. The van der Waals surface area contributed by atoms with Crippen LogP contribution in [0, 0.1) is 0 Å². The first-order chi connectivity index (χ1) is 8.96. The Morgan fingerprint density at radius 3 is 2.74 bits per heavy atom. The summed E-state index contributed by atoms with van der Waals surface area (Å²) in [7, 11) is 0. The first-order valence-corrected chi connectivity index (χ1v) is 5.79. The molecule has 0 fully saturated rings. The van der Waals surface area contributed by atoms with Gasteiger partial charge in [-0.2, -0.15) is 13.2 Å². The summed E-state index contributed by atoms with van der Waals surface area (Å²) in [6, 6.07) is 6.77. The molecule has 1 heterocycles. The molecule has 0 aliphatic carbocycles. The quantitative estimate of drug-likeness (QED) is 0.682. The topological polar surface area (TPSA) is 48.1 Å². The fourth-order valence-electron chi connectivity index (χ4n) is 1.72. The molecule has 6 heteroatoms. The number of fused-ring (bicyclic) bond motifs is 1. The zero-order chi connectivity index (χ0) is 13.9. The van der Waals surface area contributed by atoms with Crippen LogP contribution in [0.2, 0.25) is 0 Å². The van der Waals surface area contributed by atoms with Gasteiger partial charge in [0.2, 0.25) is 0 Å². The molecule has 2 rings (SSSR count). The van der Waals surface area contributed by atoms with Gasteiger partial charge in [0.15, 0.2) is 0 Å². The first kappa shape index (κ1) is 13.5. The Balaban J connectivity index is 2.05. The second kappa shape index (κ2) is 5.34. The summed E-state index contributed by atoms with van der Waals surface area (Å²) in [5, 5.41) is 0.740. The van der Waals surface area contributed by atoms with E-state index < -0.39 is 12.6 Å². The van der Waals surface area contributed by atoms with Gasteiger partial charge in [-0.15, -0.1) is 0 Å². The zero-order valence-corrected chi connectivity index (χ0v) is 10.1. The molecule has 0 bridgehead atoms. The molecule has 0 saturated heterocycles. The van der Waals surface area contributed by atoms with E-state index in [1.165, 1.54) is 0 Å². The Morgan fingerprint density at radius 1 is 1.21 bits per heavy atom. The van der Waals surface area contributed by atoms with Gasteiger partial charge in [0.25, 0.3) is 0 Å². The third kappa shape index (κ3) is 3.74. The maximum absolute atomic E-state index is 12.0. The van der Waals surface area contributed by atoms with Crippen molar-refractivity contribution in [2.75, 3.05) is 12.3 Å². The minimum absolute atomic E-state index is 0.0169. The van der Waals surface area contributed by atoms with Crippen LogP contribution < -0.4 is 10.5 Å². The fourth-order valence-corrected chi connectivity index (χ4v) is 1.72. The number of rotatable bonds is 4. The van der Waals surface area contributed by atoms with Crippen molar-refractivity contribution in [3.8, 4) is 5.75 Å². The minimum Gasteiger partial charge on any atom is -0.493 e. The average Bonchev–Trinajstić information content (AvgIpc) is 2.33. The molecule has 19 heavy (non-hydrogen) atoms. The molecule has 2 aromatic rings. The van der Waals surface area contributed by atoms with Crippen molar-refractivity contribution in [1.29, 1.82) is 0 Å². The van der Waals surface area contributed by atoms with Crippen LogP contribution in [-0.2, 0) is 0 Å². The number of ether oxygens (including phenoxy) is 1. The van der Waals surface area contributed by atoms with Crippen LogP contribution in [0.15, 0.2) is 30.5 Å². The molecule has 0 spiro atoms. The number of hydrogen-bond acceptors (Lipinski definition) is 3. The average molecular weight is 270 g/mol. The lowest BCUT2D eigenvalue weighted by atomic mass is 10.2. The van der Waals surface area contributed by atoms with Gasteiger partial charge in [-0.25, -0.2) is 0 Å². The van der Waals surface area contributed by atoms with Crippen molar-refractivity contribution in [3.05, 3.63) is 30.5 Å². The summed E-state index contributed by atoms with van der Waals surface area (Å²) in [4.78, 5) is 4.13.